The van der Waals surface area contributed by atoms with Crippen LogP contribution in [-0.2, 0) is 17.6 Å². The second kappa shape index (κ2) is 6.42. The van der Waals surface area contributed by atoms with Gasteiger partial charge in [0.2, 0.25) is 0 Å². The Kier molecular flexibility index (Phi) is 4.24. The topological polar surface area (TPSA) is 64.1 Å². The Bertz CT molecular complexity index is 818. The number of rotatable bonds is 2. The molecule has 1 aliphatic heterocycles. The lowest BCUT2D eigenvalue weighted by Crippen LogP contribution is -2.34. The first-order chi connectivity index (χ1) is 12.0. The third-order valence-corrected chi connectivity index (χ3v) is 6.02. The summed E-state index contributed by atoms with van der Waals surface area (Å²) in [4.78, 5) is 21.3. The smallest absolute Gasteiger partial charge is 0.279 e. The van der Waals surface area contributed by atoms with Gasteiger partial charge in [-0.15, -0.1) is 11.3 Å². The van der Waals surface area contributed by atoms with Crippen LogP contribution >= 0.6 is 11.3 Å². The molecule has 1 fully saturated rings. The van der Waals surface area contributed by atoms with Crippen molar-refractivity contribution in [3.05, 3.63) is 40.2 Å². The second-order valence-electron chi connectivity index (χ2n) is 6.62. The maximum absolute atomic E-state index is 13.7. The van der Waals surface area contributed by atoms with E-state index < -0.39 is 23.2 Å². The third-order valence-electron chi connectivity index (χ3n) is 5.00. The quantitative estimate of drug-likeness (QED) is 0.886. The van der Waals surface area contributed by atoms with E-state index in [1.165, 1.54) is 16.2 Å². The molecule has 0 unspecified atom stereocenters. The average molecular weight is 365 g/mol. The van der Waals surface area contributed by atoms with Gasteiger partial charge in [0.05, 0.1) is 11.9 Å². The highest BCUT2D eigenvalue weighted by molar-refractivity contribution is 7.15. The molecular weight excluding hydrogens is 348 g/mol. The maximum atomic E-state index is 13.7. The Morgan fingerprint density at radius 3 is 2.84 bits per heavy atom. The summed E-state index contributed by atoms with van der Waals surface area (Å²) in [6, 6.07) is 0.643. The fourth-order valence-electron chi connectivity index (χ4n) is 3.55. The summed E-state index contributed by atoms with van der Waals surface area (Å²) in [6.45, 7) is 1.60. The van der Waals surface area contributed by atoms with Crippen LogP contribution in [-0.4, -0.2) is 29.1 Å². The summed E-state index contributed by atoms with van der Waals surface area (Å²) in [7, 11) is 0. The molecule has 1 N–H and O–H groups in total. The highest BCUT2D eigenvalue weighted by Crippen LogP contribution is 2.45. The number of nitrogens with one attached hydrogen (secondary N) is 1. The number of hydrogen-bond acceptors (Lipinski definition) is 5. The van der Waals surface area contributed by atoms with Crippen LogP contribution < -0.4 is 5.32 Å². The van der Waals surface area contributed by atoms with Crippen molar-refractivity contribution in [2.45, 2.75) is 32.1 Å². The molecule has 2 aromatic heterocycles. The number of halogens is 2. The predicted octanol–water partition coefficient (Wildman–Crippen LogP) is 3.35. The molecule has 4 rings (SSSR count). The first kappa shape index (κ1) is 16.5. The maximum Gasteiger partial charge on any atom is 0.279 e. The number of carbonyl (C=O) groups excluding carboxylic acids is 1. The minimum atomic E-state index is -0.986. The Hall–Kier alpha value is -1.93. The molecule has 8 heteroatoms. The van der Waals surface area contributed by atoms with E-state index >= 15 is 0 Å². The van der Waals surface area contributed by atoms with Gasteiger partial charge in [-0.05, 0) is 37.5 Å². The third kappa shape index (κ3) is 3.28. The first-order valence-corrected chi connectivity index (χ1v) is 9.05. The lowest BCUT2D eigenvalue weighted by molar-refractivity contribution is 0.00784. The van der Waals surface area contributed by atoms with Gasteiger partial charge in [-0.2, -0.15) is 0 Å². The van der Waals surface area contributed by atoms with Gasteiger partial charge in [0, 0.05) is 24.2 Å². The van der Waals surface area contributed by atoms with Crippen LogP contribution in [0.25, 0.3) is 0 Å². The zero-order valence-corrected chi connectivity index (χ0v) is 14.3. The molecule has 25 heavy (non-hydrogen) atoms. The summed E-state index contributed by atoms with van der Waals surface area (Å²) in [6.07, 6.45) is 5.83. The Morgan fingerprint density at radius 2 is 2.08 bits per heavy atom. The van der Waals surface area contributed by atoms with Gasteiger partial charge >= 0.3 is 0 Å². The SMILES string of the molecule is O=C(Nc1nc2c(s1)CC1(CCOCC1)CC2)c1ncc(F)cc1F. The van der Waals surface area contributed by atoms with Crippen molar-refractivity contribution in [1.29, 1.82) is 0 Å². The van der Waals surface area contributed by atoms with E-state index in [2.05, 4.69) is 15.3 Å². The van der Waals surface area contributed by atoms with Crippen molar-refractivity contribution >= 4 is 22.4 Å². The molecule has 1 amide bonds. The van der Waals surface area contributed by atoms with Crippen LogP contribution in [0.5, 0.6) is 0 Å². The molecule has 0 aromatic carbocycles. The summed E-state index contributed by atoms with van der Waals surface area (Å²) in [5, 5.41) is 3.02. The average Bonchev–Trinajstić information content (AvgIpc) is 2.96. The molecular formula is C17H17F2N3O2S. The number of aromatic nitrogens is 2. The van der Waals surface area contributed by atoms with Gasteiger partial charge in [-0.1, -0.05) is 0 Å². The van der Waals surface area contributed by atoms with Crippen LogP contribution in [0.15, 0.2) is 12.3 Å². The molecule has 0 bridgehead atoms. The summed E-state index contributed by atoms with van der Waals surface area (Å²) >= 11 is 1.43. The normalized spacial score (nSPS) is 18.8. The van der Waals surface area contributed by atoms with E-state index in [-0.39, 0.29) is 5.41 Å². The zero-order valence-electron chi connectivity index (χ0n) is 13.5. The number of thiazole rings is 1. The number of pyridine rings is 1. The van der Waals surface area contributed by atoms with E-state index in [4.69, 9.17) is 4.74 Å². The van der Waals surface area contributed by atoms with E-state index in [0.717, 1.165) is 57.2 Å². The number of anilines is 1. The minimum absolute atomic E-state index is 0.281. The van der Waals surface area contributed by atoms with Gasteiger partial charge in [0.25, 0.3) is 5.91 Å². The van der Waals surface area contributed by atoms with Crippen LogP contribution in [0.2, 0.25) is 0 Å². The number of hydrogen-bond donors (Lipinski definition) is 1. The van der Waals surface area contributed by atoms with Crippen molar-refractivity contribution in [3.8, 4) is 0 Å². The van der Waals surface area contributed by atoms with E-state index in [0.29, 0.717) is 11.2 Å². The molecule has 2 aliphatic rings. The predicted molar refractivity (Wildman–Crippen MR) is 88.7 cm³/mol. The summed E-state index contributed by atoms with van der Waals surface area (Å²) in [5.74, 6) is -2.52. The van der Waals surface area contributed by atoms with Crippen molar-refractivity contribution in [2.24, 2.45) is 5.41 Å². The minimum Gasteiger partial charge on any atom is -0.381 e. The first-order valence-electron chi connectivity index (χ1n) is 8.23. The second-order valence-corrected chi connectivity index (χ2v) is 7.70. The summed E-state index contributed by atoms with van der Waals surface area (Å²) < 4.78 is 32.1. The van der Waals surface area contributed by atoms with Gasteiger partial charge in [0.1, 0.15) is 5.82 Å². The molecule has 1 spiro atoms. The molecule has 0 saturated carbocycles. The van der Waals surface area contributed by atoms with Gasteiger partial charge in [0.15, 0.2) is 16.6 Å². The molecule has 132 valence electrons. The highest BCUT2D eigenvalue weighted by atomic mass is 32.1. The number of carbonyl (C=O) groups is 1. The zero-order chi connectivity index (χ0) is 17.4. The number of ether oxygens (including phenoxy) is 1. The molecule has 1 aliphatic carbocycles. The number of aryl methyl sites for hydroxylation is 1. The molecule has 0 atom stereocenters. The molecule has 3 heterocycles. The number of fused-ring (bicyclic) bond motifs is 1. The Balaban J connectivity index is 1.51. The van der Waals surface area contributed by atoms with E-state index in [1.54, 1.807) is 0 Å². The van der Waals surface area contributed by atoms with Gasteiger partial charge < -0.3 is 4.74 Å². The monoisotopic (exact) mass is 365 g/mol. The lowest BCUT2D eigenvalue weighted by atomic mass is 9.70. The lowest BCUT2D eigenvalue weighted by Gasteiger charge is -2.39. The number of nitrogens with zero attached hydrogens (tertiary/aromatic N) is 2. The van der Waals surface area contributed by atoms with Gasteiger partial charge in [-0.3, -0.25) is 10.1 Å². The Morgan fingerprint density at radius 1 is 1.28 bits per heavy atom. The largest absolute Gasteiger partial charge is 0.381 e. The van der Waals surface area contributed by atoms with Crippen LogP contribution in [0, 0.1) is 17.0 Å². The molecule has 5 nitrogen and oxygen atoms in total. The molecule has 0 radical (unpaired) electrons. The fraction of sp³-hybridized carbons (Fsp3) is 0.471. The summed E-state index contributed by atoms with van der Waals surface area (Å²) in [5.41, 5.74) is 0.851. The molecule has 1 saturated heterocycles. The van der Waals surface area contributed by atoms with Crippen molar-refractivity contribution in [2.75, 3.05) is 18.5 Å². The van der Waals surface area contributed by atoms with Gasteiger partial charge in [-0.25, -0.2) is 18.7 Å². The van der Waals surface area contributed by atoms with Crippen molar-refractivity contribution in [3.63, 3.8) is 0 Å². The Labute approximate surface area is 147 Å². The van der Waals surface area contributed by atoms with Crippen LogP contribution in [0.1, 0.15) is 40.3 Å². The molecule has 2 aromatic rings. The van der Waals surface area contributed by atoms with Crippen molar-refractivity contribution < 1.29 is 18.3 Å². The number of amides is 1. The van der Waals surface area contributed by atoms with Crippen molar-refractivity contribution in [1.82, 2.24) is 9.97 Å². The standard InChI is InChI=1S/C17H17F2N3O2S/c18-10-7-11(19)14(20-9-10)15(23)22-16-21-12-1-2-17(8-13(12)25-16)3-5-24-6-4-17/h7,9H,1-6,8H2,(H,21,22,23). The highest BCUT2D eigenvalue weighted by Gasteiger charge is 2.37. The van der Waals surface area contributed by atoms with E-state index in [9.17, 15) is 13.6 Å². The van der Waals surface area contributed by atoms with Crippen LogP contribution in [0.3, 0.4) is 0 Å². The van der Waals surface area contributed by atoms with E-state index in [1.807, 2.05) is 0 Å². The van der Waals surface area contributed by atoms with Crippen LogP contribution in [0.4, 0.5) is 13.9 Å². The fourth-order valence-corrected chi connectivity index (χ4v) is 4.73.